The number of nitrogens with zero attached hydrogens (tertiary/aromatic N) is 3. The molecule has 0 unspecified atom stereocenters. The molecule has 1 aliphatic rings. The van der Waals surface area contributed by atoms with E-state index in [0.29, 0.717) is 11.8 Å². The van der Waals surface area contributed by atoms with Crippen LogP contribution in [0.4, 0.5) is 5.13 Å². The fourth-order valence-electron chi connectivity index (χ4n) is 2.27. The lowest BCUT2D eigenvalue weighted by Gasteiger charge is -2.13. The van der Waals surface area contributed by atoms with Crippen molar-refractivity contribution >= 4 is 22.4 Å². The monoisotopic (exact) mass is 269 g/mol. The third-order valence-electron chi connectivity index (χ3n) is 3.40. The lowest BCUT2D eigenvalue weighted by atomic mass is 9.95. The van der Waals surface area contributed by atoms with Gasteiger partial charge in [0.15, 0.2) is 0 Å². The van der Waals surface area contributed by atoms with Crippen molar-refractivity contribution in [3.63, 3.8) is 0 Å². The summed E-state index contributed by atoms with van der Waals surface area (Å²) in [5, 5.41) is 19.2. The molecule has 1 aliphatic heterocycles. The van der Waals surface area contributed by atoms with Crippen LogP contribution in [0.3, 0.4) is 0 Å². The standard InChI is InChI=1S/C12H19N3O2S/c1-7(2)11-13-14-12(18-11)15-5-8(3)9(6-15)4-10(16)17/h7-9H,4-6H2,1-3H3,(H,16,17)/t8-,9-/m1/s1. The van der Waals surface area contributed by atoms with Gasteiger partial charge < -0.3 is 10.0 Å². The summed E-state index contributed by atoms with van der Waals surface area (Å²) in [5.41, 5.74) is 0. The zero-order valence-corrected chi connectivity index (χ0v) is 11.8. The summed E-state index contributed by atoms with van der Waals surface area (Å²) in [6.07, 6.45) is 0.244. The minimum absolute atomic E-state index is 0.217. The van der Waals surface area contributed by atoms with E-state index in [1.807, 2.05) is 0 Å². The molecule has 0 bridgehead atoms. The predicted molar refractivity (Wildman–Crippen MR) is 71.1 cm³/mol. The molecule has 0 saturated carbocycles. The van der Waals surface area contributed by atoms with Crippen LogP contribution in [0.15, 0.2) is 0 Å². The summed E-state index contributed by atoms with van der Waals surface area (Å²) < 4.78 is 0. The maximum Gasteiger partial charge on any atom is 0.303 e. The SMILES string of the molecule is CC(C)c1nnc(N2C[C@@H](CC(=O)O)[C@H](C)C2)s1. The molecule has 0 aromatic carbocycles. The van der Waals surface area contributed by atoms with E-state index in [1.54, 1.807) is 11.3 Å². The Labute approximate surface area is 111 Å². The van der Waals surface area contributed by atoms with Crippen LogP contribution in [0.1, 0.15) is 38.1 Å². The predicted octanol–water partition coefficient (Wildman–Crippen LogP) is 2.21. The van der Waals surface area contributed by atoms with Gasteiger partial charge in [-0.15, -0.1) is 10.2 Å². The average molecular weight is 269 g/mol. The topological polar surface area (TPSA) is 66.3 Å². The molecule has 2 atom stereocenters. The number of anilines is 1. The normalized spacial score (nSPS) is 23.9. The molecule has 6 heteroatoms. The minimum atomic E-state index is -0.714. The van der Waals surface area contributed by atoms with Gasteiger partial charge in [0.05, 0.1) is 6.42 Å². The second-order valence-electron chi connectivity index (χ2n) is 5.32. The van der Waals surface area contributed by atoms with E-state index in [0.717, 1.165) is 23.2 Å². The molecule has 1 saturated heterocycles. The first-order chi connectivity index (χ1) is 8.47. The summed E-state index contributed by atoms with van der Waals surface area (Å²) in [7, 11) is 0. The van der Waals surface area contributed by atoms with Gasteiger partial charge in [-0.25, -0.2) is 0 Å². The number of aromatic nitrogens is 2. The van der Waals surface area contributed by atoms with Crippen LogP contribution in [0.5, 0.6) is 0 Å². The largest absolute Gasteiger partial charge is 0.481 e. The van der Waals surface area contributed by atoms with Gasteiger partial charge in [0, 0.05) is 19.0 Å². The second kappa shape index (κ2) is 5.22. The fraction of sp³-hybridized carbons (Fsp3) is 0.750. The average Bonchev–Trinajstić information content (AvgIpc) is 2.85. The molecule has 0 radical (unpaired) electrons. The Bertz CT molecular complexity index is 433. The van der Waals surface area contributed by atoms with E-state index >= 15 is 0 Å². The summed E-state index contributed by atoms with van der Waals surface area (Å²) in [6, 6.07) is 0. The van der Waals surface area contributed by atoms with Gasteiger partial charge in [0.2, 0.25) is 5.13 Å². The molecule has 18 heavy (non-hydrogen) atoms. The second-order valence-corrected chi connectivity index (χ2v) is 6.31. The Balaban J connectivity index is 2.04. The van der Waals surface area contributed by atoms with E-state index in [-0.39, 0.29) is 12.3 Å². The maximum atomic E-state index is 10.8. The summed E-state index contributed by atoms with van der Waals surface area (Å²) in [4.78, 5) is 13.0. The van der Waals surface area contributed by atoms with Crippen molar-refractivity contribution in [3.05, 3.63) is 5.01 Å². The highest BCUT2D eigenvalue weighted by atomic mass is 32.1. The highest BCUT2D eigenvalue weighted by Gasteiger charge is 2.32. The number of aliphatic carboxylic acids is 1. The first-order valence-corrected chi connectivity index (χ1v) is 7.09. The number of carboxylic acid groups (broad SMARTS) is 1. The van der Waals surface area contributed by atoms with E-state index in [4.69, 9.17) is 5.11 Å². The molecule has 0 amide bonds. The number of carboxylic acids is 1. The highest BCUT2D eigenvalue weighted by molar-refractivity contribution is 7.15. The van der Waals surface area contributed by atoms with E-state index in [9.17, 15) is 4.79 Å². The third kappa shape index (κ3) is 2.80. The molecule has 100 valence electrons. The molecular weight excluding hydrogens is 250 g/mol. The van der Waals surface area contributed by atoms with Crippen LogP contribution < -0.4 is 4.90 Å². The Morgan fingerprint density at radius 3 is 2.78 bits per heavy atom. The van der Waals surface area contributed by atoms with Crippen LogP contribution in [-0.2, 0) is 4.79 Å². The zero-order chi connectivity index (χ0) is 13.3. The molecule has 1 fully saturated rings. The van der Waals surface area contributed by atoms with Crippen LogP contribution >= 0.6 is 11.3 Å². The Hall–Kier alpha value is -1.17. The van der Waals surface area contributed by atoms with Crippen LogP contribution in [0, 0.1) is 11.8 Å². The van der Waals surface area contributed by atoms with Gasteiger partial charge in [-0.2, -0.15) is 0 Å². The van der Waals surface area contributed by atoms with E-state index < -0.39 is 5.97 Å². The first-order valence-electron chi connectivity index (χ1n) is 6.27. The van der Waals surface area contributed by atoms with Crippen molar-refractivity contribution in [1.29, 1.82) is 0 Å². The summed E-state index contributed by atoms with van der Waals surface area (Å²) in [6.45, 7) is 7.97. The van der Waals surface area contributed by atoms with Gasteiger partial charge in [-0.1, -0.05) is 32.1 Å². The molecular formula is C12H19N3O2S. The van der Waals surface area contributed by atoms with Gasteiger partial charge in [0.25, 0.3) is 0 Å². The quantitative estimate of drug-likeness (QED) is 0.907. The van der Waals surface area contributed by atoms with Crippen LogP contribution in [0.2, 0.25) is 0 Å². The lowest BCUT2D eigenvalue weighted by Crippen LogP contribution is -2.20. The van der Waals surface area contributed by atoms with Gasteiger partial charge in [0.1, 0.15) is 5.01 Å². The zero-order valence-electron chi connectivity index (χ0n) is 11.0. The number of carbonyl (C=O) groups is 1. The molecule has 1 aromatic heterocycles. The number of rotatable bonds is 4. The van der Waals surface area contributed by atoms with Gasteiger partial charge in [-0.05, 0) is 11.8 Å². The van der Waals surface area contributed by atoms with Crippen LogP contribution in [-0.4, -0.2) is 34.4 Å². The Kier molecular flexibility index (Phi) is 3.85. The molecule has 2 rings (SSSR count). The lowest BCUT2D eigenvalue weighted by molar-refractivity contribution is -0.138. The Morgan fingerprint density at radius 1 is 1.50 bits per heavy atom. The third-order valence-corrected chi connectivity index (χ3v) is 4.68. The number of hydrogen-bond acceptors (Lipinski definition) is 5. The van der Waals surface area contributed by atoms with E-state index in [2.05, 4.69) is 35.9 Å². The highest BCUT2D eigenvalue weighted by Crippen LogP contribution is 2.33. The molecule has 1 aromatic rings. The molecule has 0 aliphatic carbocycles. The summed E-state index contributed by atoms with van der Waals surface area (Å²) >= 11 is 1.62. The van der Waals surface area contributed by atoms with Crippen molar-refractivity contribution < 1.29 is 9.90 Å². The molecule has 2 heterocycles. The van der Waals surface area contributed by atoms with Crippen molar-refractivity contribution in [2.75, 3.05) is 18.0 Å². The molecule has 1 N–H and O–H groups in total. The van der Waals surface area contributed by atoms with Crippen LogP contribution in [0.25, 0.3) is 0 Å². The molecule has 5 nitrogen and oxygen atoms in total. The maximum absolute atomic E-state index is 10.8. The van der Waals surface area contributed by atoms with E-state index in [1.165, 1.54) is 0 Å². The smallest absolute Gasteiger partial charge is 0.303 e. The fourth-order valence-corrected chi connectivity index (χ4v) is 3.13. The van der Waals surface area contributed by atoms with Crippen molar-refractivity contribution in [3.8, 4) is 0 Å². The number of hydrogen-bond donors (Lipinski definition) is 1. The van der Waals surface area contributed by atoms with Crippen molar-refractivity contribution in [2.24, 2.45) is 11.8 Å². The summed E-state index contributed by atoms with van der Waals surface area (Å²) in [5.74, 6) is 0.293. The van der Waals surface area contributed by atoms with Gasteiger partial charge >= 0.3 is 5.97 Å². The van der Waals surface area contributed by atoms with Crippen molar-refractivity contribution in [2.45, 2.75) is 33.1 Å². The first kappa shape index (κ1) is 13.3. The van der Waals surface area contributed by atoms with Gasteiger partial charge in [-0.3, -0.25) is 4.79 Å². The molecule has 0 spiro atoms. The van der Waals surface area contributed by atoms with Crippen molar-refractivity contribution in [1.82, 2.24) is 10.2 Å². The Morgan fingerprint density at radius 2 is 2.22 bits per heavy atom. The minimum Gasteiger partial charge on any atom is -0.481 e.